The maximum absolute atomic E-state index is 10.5. The third kappa shape index (κ3) is 1.68. The van der Waals surface area contributed by atoms with E-state index in [2.05, 4.69) is 0 Å². The Bertz CT molecular complexity index is 124. The Kier molecular flexibility index (Phi) is 1.71. The van der Waals surface area contributed by atoms with E-state index in [-0.39, 0.29) is 5.97 Å². The molecule has 0 saturated carbocycles. The maximum atomic E-state index is 10.5. The predicted octanol–water partition coefficient (Wildman–Crippen LogP) is 0.559. The Labute approximate surface area is 54.5 Å². The highest BCUT2D eigenvalue weighted by Crippen LogP contribution is 2.16. The van der Waals surface area contributed by atoms with Crippen LogP contribution < -0.4 is 0 Å². The van der Waals surface area contributed by atoms with Gasteiger partial charge in [-0.2, -0.15) is 0 Å². The van der Waals surface area contributed by atoms with Gasteiger partial charge in [-0.1, -0.05) is 6.92 Å². The molecule has 0 bridgehead atoms. The maximum Gasteiger partial charge on any atom is 0.324 e. The molecular weight excluding hydrogens is 118 g/mol. The molecule has 0 spiro atoms. The van der Waals surface area contributed by atoms with E-state index >= 15 is 0 Å². The van der Waals surface area contributed by atoms with Gasteiger partial charge in [-0.25, -0.2) is 0 Å². The van der Waals surface area contributed by atoms with Gasteiger partial charge in [-0.05, 0) is 6.92 Å². The van der Waals surface area contributed by atoms with Crippen LogP contribution in [0.3, 0.4) is 0 Å². The van der Waals surface area contributed by atoms with Crippen molar-refractivity contribution in [3.05, 3.63) is 0 Å². The van der Waals surface area contributed by atoms with Crippen molar-refractivity contribution >= 4 is 5.97 Å². The molecule has 0 aromatic rings. The van der Waals surface area contributed by atoms with Crippen LogP contribution in [0.5, 0.6) is 0 Å². The van der Waals surface area contributed by atoms with Crippen molar-refractivity contribution < 1.29 is 9.63 Å². The van der Waals surface area contributed by atoms with Gasteiger partial charge < -0.3 is 4.84 Å². The smallest absolute Gasteiger partial charge is 0.324 e. The van der Waals surface area contributed by atoms with Crippen LogP contribution in [0.25, 0.3) is 0 Å². The van der Waals surface area contributed by atoms with E-state index in [4.69, 9.17) is 4.84 Å². The predicted molar refractivity (Wildman–Crippen MR) is 32.6 cm³/mol. The lowest BCUT2D eigenvalue weighted by Crippen LogP contribution is -2.09. The second kappa shape index (κ2) is 2.35. The summed E-state index contributed by atoms with van der Waals surface area (Å²) < 4.78 is 0. The number of hydrogen-bond acceptors (Lipinski definition) is 3. The number of carbonyl (C=O) groups excluding carboxylic acids is 1. The molecule has 2 atom stereocenters. The monoisotopic (exact) mass is 129 g/mol. The Hall–Kier alpha value is -0.570. The van der Waals surface area contributed by atoms with Gasteiger partial charge in [-0.3, -0.25) is 4.79 Å². The van der Waals surface area contributed by atoms with Crippen molar-refractivity contribution in [3.63, 3.8) is 0 Å². The van der Waals surface area contributed by atoms with E-state index in [1.165, 1.54) is 0 Å². The van der Waals surface area contributed by atoms with Crippen molar-refractivity contribution in [2.75, 3.05) is 6.54 Å². The molecule has 1 aliphatic heterocycles. The molecule has 0 N–H and O–H groups in total. The minimum absolute atomic E-state index is 0.139. The topological polar surface area (TPSA) is 29.3 Å². The van der Waals surface area contributed by atoms with Crippen molar-refractivity contribution in [1.82, 2.24) is 5.06 Å². The molecule has 0 amide bonds. The minimum atomic E-state index is -0.139. The highest BCUT2D eigenvalue weighted by molar-refractivity contribution is 5.68. The molecule has 0 aromatic carbocycles. The summed E-state index contributed by atoms with van der Waals surface area (Å²) in [5.74, 6) is -0.139. The van der Waals surface area contributed by atoms with Gasteiger partial charge in [0.05, 0.1) is 12.6 Å². The van der Waals surface area contributed by atoms with Crippen molar-refractivity contribution in [2.24, 2.45) is 0 Å². The molecule has 0 radical (unpaired) electrons. The molecule has 1 aliphatic rings. The van der Waals surface area contributed by atoms with Gasteiger partial charge in [0, 0.05) is 6.42 Å². The van der Waals surface area contributed by atoms with Gasteiger partial charge in [0.1, 0.15) is 0 Å². The van der Waals surface area contributed by atoms with Gasteiger partial charge in [0.15, 0.2) is 0 Å². The van der Waals surface area contributed by atoms with Gasteiger partial charge in [-0.15, -0.1) is 5.06 Å². The third-order valence-electron chi connectivity index (χ3n) is 1.31. The SMILES string of the molecule is CCC(=O)ON1CC1C. The molecular formula is C6H11NO2. The summed E-state index contributed by atoms with van der Waals surface area (Å²) >= 11 is 0. The Morgan fingerprint density at radius 1 is 1.89 bits per heavy atom. The Balaban J connectivity index is 2.12. The summed E-state index contributed by atoms with van der Waals surface area (Å²) in [5.41, 5.74) is 0. The van der Waals surface area contributed by atoms with E-state index < -0.39 is 0 Å². The average Bonchev–Trinajstić information content (AvgIpc) is 2.47. The van der Waals surface area contributed by atoms with Gasteiger partial charge in [0.2, 0.25) is 0 Å². The fourth-order valence-electron chi connectivity index (χ4n) is 0.536. The van der Waals surface area contributed by atoms with Crippen LogP contribution in [0.15, 0.2) is 0 Å². The number of hydrogen-bond donors (Lipinski definition) is 0. The van der Waals surface area contributed by atoms with E-state index in [0.29, 0.717) is 12.5 Å². The Morgan fingerprint density at radius 2 is 2.44 bits per heavy atom. The first-order chi connectivity index (χ1) is 4.24. The molecule has 1 rings (SSSR count). The normalized spacial score (nSPS) is 31.8. The Morgan fingerprint density at radius 3 is 2.78 bits per heavy atom. The number of rotatable bonds is 2. The van der Waals surface area contributed by atoms with Crippen LogP contribution in [-0.2, 0) is 9.63 Å². The first-order valence-electron chi connectivity index (χ1n) is 3.21. The molecule has 1 heterocycles. The molecule has 0 aliphatic carbocycles. The summed E-state index contributed by atoms with van der Waals surface area (Å²) in [6.07, 6.45) is 0.462. The quantitative estimate of drug-likeness (QED) is 0.510. The molecule has 1 saturated heterocycles. The molecule has 9 heavy (non-hydrogen) atoms. The summed E-state index contributed by atoms with van der Waals surface area (Å²) in [7, 11) is 0. The van der Waals surface area contributed by atoms with Crippen LogP contribution in [0.2, 0.25) is 0 Å². The van der Waals surface area contributed by atoms with E-state index in [0.717, 1.165) is 6.54 Å². The van der Waals surface area contributed by atoms with Crippen LogP contribution in [0.1, 0.15) is 20.3 Å². The van der Waals surface area contributed by atoms with Crippen molar-refractivity contribution in [3.8, 4) is 0 Å². The molecule has 52 valence electrons. The zero-order valence-corrected chi connectivity index (χ0v) is 5.76. The highest BCUT2D eigenvalue weighted by Gasteiger charge is 2.32. The van der Waals surface area contributed by atoms with E-state index in [1.54, 1.807) is 12.0 Å². The van der Waals surface area contributed by atoms with Crippen LogP contribution in [0.4, 0.5) is 0 Å². The van der Waals surface area contributed by atoms with Crippen LogP contribution in [0, 0.1) is 0 Å². The fourth-order valence-corrected chi connectivity index (χ4v) is 0.536. The summed E-state index contributed by atoms with van der Waals surface area (Å²) in [6.45, 7) is 4.70. The summed E-state index contributed by atoms with van der Waals surface area (Å²) in [5, 5.41) is 1.67. The summed E-state index contributed by atoms with van der Waals surface area (Å²) in [4.78, 5) is 15.4. The van der Waals surface area contributed by atoms with Crippen LogP contribution in [-0.4, -0.2) is 23.6 Å². The second-order valence-electron chi connectivity index (χ2n) is 2.27. The zero-order valence-electron chi connectivity index (χ0n) is 5.76. The largest absolute Gasteiger partial charge is 0.368 e. The molecule has 0 aromatic heterocycles. The summed E-state index contributed by atoms with van der Waals surface area (Å²) in [6, 6.07) is 0.445. The lowest BCUT2D eigenvalue weighted by Gasteiger charge is -1.99. The van der Waals surface area contributed by atoms with Crippen molar-refractivity contribution in [2.45, 2.75) is 26.3 Å². The molecule has 1 fully saturated rings. The standard InChI is InChI=1S/C6H11NO2/c1-3-6(8)9-7-4-5(7)2/h5H,3-4H2,1-2H3. The van der Waals surface area contributed by atoms with Gasteiger partial charge >= 0.3 is 5.97 Å². The van der Waals surface area contributed by atoms with E-state index in [9.17, 15) is 4.79 Å². The number of carbonyl (C=O) groups is 1. The molecule has 2 unspecified atom stereocenters. The number of hydroxylamine groups is 2. The molecule has 3 nitrogen and oxygen atoms in total. The molecule has 3 heteroatoms. The van der Waals surface area contributed by atoms with Gasteiger partial charge in [0.25, 0.3) is 0 Å². The fraction of sp³-hybridized carbons (Fsp3) is 0.833. The first-order valence-corrected chi connectivity index (χ1v) is 3.21. The second-order valence-corrected chi connectivity index (χ2v) is 2.27. The third-order valence-corrected chi connectivity index (χ3v) is 1.31. The van der Waals surface area contributed by atoms with Crippen LogP contribution >= 0.6 is 0 Å². The lowest BCUT2D eigenvalue weighted by atomic mass is 10.5. The number of nitrogens with zero attached hydrogens (tertiary/aromatic N) is 1. The van der Waals surface area contributed by atoms with E-state index in [1.807, 2.05) is 6.92 Å². The minimum Gasteiger partial charge on any atom is -0.368 e. The lowest BCUT2D eigenvalue weighted by molar-refractivity contribution is -0.167. The average molecular weight is 129 g/mol. The first kappa shape index (κ1) is 6.55. The highest BCUT2D eigenvalue weighted by atomic mass is 16.7. The van der Waals surface area contributed by atoms with Crippen molar-refractivity contribution in [1.29, 1.82) is 0 Å². The zero-order chi connectivity index (χ0) is 6.85.